The minimum absolute atomic E-state index is 0. The number of benzene rings is 2. The number of nitrogens with one attached hydrogen (secondary N) is 1. The van der Waals surface area contributed by atoms with Crippen LogP contribution in [0.1, 0.15) is 18.1 Å². The van der Waals surface area contributed by atoms with Gasteiger partial charge in [0.1, 0.15) is 5.75 Å². The van der Waals surface area contributed by atoms with Gasteiger partial charge in [0.2, 0.25) is 0 Å². The van der Waals surface area contributed by atoms with E-state index in [1.807, 2.05) is 36.4 Å². The van der Waals surface area contributed by atoms with Crippen LogP contribution in [0.4, 0.5) is 5.69 Å². The normalized spacial score (nSPS) is 10.7. The monoisotopic (exact) mass is 411 g/mol. The van der Waals surface area contributed by atoms with E-state index >= 15 is 0 Å². The topological polar surface area (TPSA) is 59.6 Å². The van der Waals surface area contributed by atoms with Crippen LogP contribution in [-0.4, -0.2) is 13.1 Å². The van der Waals surface area contributed by atoms with Gasteiger partial charge in [-0.05, 0) is 30.2 Å². The van der Waals surface area contributed by atoms with E-state index < -0.39 is 0 Å². The van der Waals surface area contributed by atoms with Crippen molar-refractivity contribution < 1.29 is 4.74 Å². The van der Waals surface area contributed by atoms with Crippen LogP contribution in [0, 0.1) is 0 Å². The SMILES string of the molecule is CCc1ccc(NC(N)=NCc2ccccc2OC)cc1.I. The summed E-state index contributed by atoms with van der Waals surface area (Å²) in [6.45, 7) is 2.61. The highest BCUT2D eigenvalue weighted by Gasteiger charge is 2.01. The molecule has 0 spiro atoms. The predicted molar refractivity (Wildman–Crippen MR) is 103 cm³/mol. The molecule has 0 aliphatic rings. The van der Waals surface area contributed by atoms with Crippen molar-refractivity contribution in [1.82, 2.24) is 0 Å². The number of aliphatic imine (C=N–C) groups is 1. The van der Waals surface area contributed by atoms with Crippen LogP contribution < -0.4 is 15.8 Å². The molecule has 0 atom stereocenters. The van der Waals surface area contributed by atoms with Crippen LogP contribution in [0.5, 0.6) is 5.75 Å². The highest BCUT2D eigenvalue weighted by Crippen LogP contribution is 2.18. The molecule has 118 valence electrons. The van der Waals surface area contributed by atoms with Gasteiger partial charge in [-0.15, -0.1) is 24.0 Å². The second kappa shape index (κ2) is 9.30. The number of ether oxygens (including phenoxy) is 1. The van der Waals surface area contributed by atoms with Crippen molar-refractivity contribution in [3.05, 3.63) is 59.7 Å². The Morgan fingerprint density at radius 2 is 1.82 bits per heavy atom. The Balaban J connectivity index is 0.00000242. The number of methoxy groups -OCH3 is 1. The van der Waals surface area contributed by atoms with Gasteiger partial charge in [0.15, 0.2) is 5.96 Å². The van der Waals surface area contributed by atoms with Crippen molar-refractivity contribution in [2.24, 2.45) is 10.7 Å². The van der Waals surface area contributed by atoms with Gasteiger partial charge in [-0.2, -0.15) is 0 Å². The zero-order chi connectivity index (χ0) is 15.1. The summed E-state index contributed by atoms with van der Waals surface area (Å²) in [5.74, 6) is 1.21. The first-order valence-electron chi connectivity index (χ1n) is 7.00. The minimum Gasteiger partial charge on any atom is -0.496 e. The molecule has 22 heavy (non-hydrogen) atoms. The maximum absolute atomic E-state index is 5.91. The first kappa shape index (κ1) is 18.3. The molecule has 2 aromatic carbocycles. The summed E-state index contributed by atoms with van der Waals surface area (Å²) >= 11 is 0. The molecule has 0 fully saturated rings. The number of guanidine groups is 1. The summed E-state index contributed by atoms with van der Waals surface area (Å²) in [6, 6.07) is 16.0. The number of aryl methyl sites for hydroxylation is 1. The van der Waals surface area contributed by atoms with Gasteiger partial charge in [-0.1, -0.05) is 37.3 Å². The van der Waals surface area contributed by atoms with Crippen molar-refractivity contribution in [2.75, 3.05) is 12.4 Å². The van der Waals surface area contributed by atoms with E-state index in [1.54, 1.807) is 7.11 Å². The van der Waals surface area contributed by atoms with E-state index in [9.17, 15) is 0 Å². The Kier molecular flexibility index (Phi) is 7.73. The first-order chi connectivity index (χ1) is 10.2. The molecule has 0 saturated carbocycles. The van der Waals surface area contributed by atoms with Gasteiger partial charge in [-0.3, -0.25) is 0 Å². The lowest BCUT2D eigenvalue weighted by molar-refractivity contribution is 0.410. The highest BCUT2D eigenvalue weighted by atomic mass is 127. The lowest BCUT2D eigenvalue weighted by atomic mass is 10.1. The fourth-order valence-electron chi connectivity index (χ4n) is 2.02. The smallest absolute Gasteiger partial charge is 0.193 e. The largest absolute Gasteiger partial charge is 0.496 e. The molecule has 0 amide bonds. The molecule has 4 nitrogen and oxygen atoms in total. The molecule has 3 N–H and O–H groups in total. The first-order valence-corrected chi connectivity index (χ1v) is 7.00. The summed E-state index contributed by atoms with van der Waals surface area (Å²) in [4.78, 5) is 4.34. The number of hydrogen-bond donors (Lipinski definition) is 2. The van der Waals surface area contributed by atoms with E-state index in [4.69, 9.17) is 10.5 Å². The molecule has 0 aliphatic carbocycles. The third-order valence-electron chi connectivity index (χ3n) is 3.25. The van der Waals surface area contributed by atoms with Crippen LogP contribution in [-0.2, 0) is 13.0 Å². The second-order valence-electron chi connectivity index (χ2n) is 4.69. The average Bonchev–Trinajstić information content (AvgIpc) is 2.54. The molecule has 0 bridgehead atoms. The van der Waals surface area contributed by atoms with Crippen molar-refractivity contribution in [1.29, 1.82) is 0 Å². The number of nitrogens with zero attached hydrogens (tertiary/aromatic N) is 1. The Bertz CT molecular complexity index is 612. The summed E-state index contributed by atoms with van der Waals surface area (Å²) < 4.78 is 5.29. The Hall–Kier alpha value is -1.76. The summed E-state index contributed by atoms with van der Waals surface area (Å²) in [7, 11) is 1.65. The van der Waals surface area contributed by atoms with E-state index in [1.165, 1.54) is 5.56 Å². The van der Waals surface area contributed by atoms with Gasteiger partial charge in [0.05, 0.1) is 13.7 Å². The third-order valence-corrected chi connectivity index (χ3v) is 3.25. The Morgan fingerprint density at radius 3 is 2.45 bits per heavy atom. The fraction of sp³-hybridized carbons (Fsp3) is 0.235. The van der Waals surface area contributed by atoms with E-state index in [-0.39, 0.29) is 24.0 Å². The van der Waals surface area contributed by atoms with Crippen molar-refractivity contribution in [3.8, 4) is 5.75 Å². The van der Waals surface area contributed by atoms with Crippen molar-refractivity contribution >= 4 is 35.6 Å². The van der Waals surface area contributed by atoms with Gasteiger partial charge in [-0.25, -0.2) is 4.99 Å². The molecule has 0 heterocycles. The van der Waals surface area contributed by atoms with Crippen LogP contribution in [0.25, 0.3) is 0 Å². The Morgan fingerprint density at radius 1 is 1.14 bits per heavy atom. The minimum atomic E-state index is 0. The van der Waals surface area contributed by atoms with Gasteiger partial charge >= 0.3 is 0 Å². The maximum atomic E-state index is 5.91. The second-order valence-corrected chi connectivity index (χ2v) is 4.69. The molecule has 0 unspecified atom stereocenters. The van der Waals surface area contributed by atoms with Crippen LogP contribution in [0.15, 0.2) is 53.5 Å². The quantitative estimate of drug-likeness (QED) is 0.447. The number of halogens is 1. The van der Waals surface area contributed by atoms with E-state index in [0.717, 1.165) is 23.4 Å². The van der Waals surface area contributed by atoms with Crippen LogP contribution in [0.2, 0.25) is 0 Å². The average molecular weight is 411 g/mol. The van der Waals surface area contributed by atoms with E-state index in [2.05, 4.69) is 29.4 Å². The zero-order valence-electron chi connectivity index (χ0n) is 12.9. The van der Waals surface area contributed by atoms with Crippen molar-refractivity contribution in [3.63, 3.8) is 0 Å². The standard InChI is InChI=1S/C17H21N3O.HI/c1-3-13-8-10-15(11-9-13)20-17(18)19-12-14-6-4-5-7-16(14)21-2;/h4-11H,3,12H2,1-2H3,(H3,18,19,20);1H. The van der Waals surface area contributed by atoms with Crippen LogP contribution in [0.3, 0.4) is 0 Å². The highest BCUT2D eigenvalue weighted by molar-refractivity contribution is 14.0. The molecule has 0 radical (unpaired) electrons. The number of para-hydroxylation sites is 1. The molecular formula is C17H22IN3O. The molecule has 0 aromatic heterocycles. The molecule has 5 heteroatoms. The predicted octanol–water partition coefficient (Wildman–Crippen LogP) is 3.80. The number of nitrogens with two attached hydrogens (primary N) is 1. The van der Waals surface area contributed by atoms with Crippen LogP contribution >= 0.6 is 24.0 Å². The van der Waals surface area contributed by atoms with Gasteiger partial charge < -0.3 is 15.8 Å². The number of anilines is 1. The summed E-state index contributed by atoms with van der Waals surface area (Å²) in [5.41, 5.74) is 9.15. The lowest BCUT2D eigenvalue weighted by Crippen LogP contribution is -2.22. The Labute approximate surface area is 148 Å². The number of rotatable bonds is 5. The third kappa shape index (κ3) is 5.22. The number of hydrogen-bond acceptors (Lipinski definition) is 2. The molecule has 0 saturated heterocycles. The summed E-state index contributed by atoms with van der Waals surface area (Å²) in [5, 5.41) is 3.09. The maximum Gasteiger partial charge on any atom is 0.193 e. The molecule has 0 aliphatic heterocycles. The lowest BCUT2D eigenvalue weighted by Gasteiger charge is -2.08. The molecule has 2 aromatic rings. The van der Waals surface area contributed by atoms with Crippen molar-refractivity contribution in [2.45, 2.75) is 19.9 Å². The van der Waals surface area contributed by atoms with Gasteiger partial charge in [0.25, 0.3) is 0 Å². The summed E-state index contributed by atoms with van der Waals surface area (Å²) in [6.07, 6.45) is 1.03. The zero-order valence-corrected chi connectivity index (χ0v) is 15.2. The van der Waals surface area contributed by atoms with E-state index in [0.29, 0.717) is 12.5 Å². The fourth-order valence-corrected chi connectivity index (χ4v) is 2.02. The van der Waals surface area contributed by atoms with Gasteiger partial charge in [0, 0.05) is 11.3 Å². The molecular weight excluding hydrogens is 389 g/mol. The molecule has 2 rings (SSSR count).